The fourth-order valence-electron chi connectivity index (χ4n) is 2.68. The molecule has 7 heteroatoms. The molecule has 1 saturated heterocycles. The standard InChI is InChI=1S/C15H16BrClN4O/c16-11-7-10-1-2-14(19-15(10)12(17)8-11)21-5-3-20(4-6-21)9-13(18)22/h1-2,7-8H,3-6,9H2,(H2,18,22). The Morgan fingerprint density at radius 1 is 1.27 bits per heavy atom. The fourth-order valence-corrected chi connectivity index (χ4v) is 3.55. The molecule has 0 unspecified atom stereocenters. The average Bonchev–Trinajstić information content (AvgIpc) is 2.47. The highest BCUT2D eigenvalue weighted by Crippen LogP contribution is 2.28. The van der Waals surface area contributed by atoms with Crippen molar-refractivity contribution < 1.29 is 4.79 Å². The quantitative estimate of drug-likeness (QED) is 0.883. The van der Waals surface area contributed by atoms with Gasteiger partial charge in [0.1, 0.15) is 5.82 Å². The van der Waals surface area contributed by atoms with Gasteiger partial charge in [0.25, 0.3) is 0 Å². The Bertz CT molecular complexity index is 716. The highest BCUT2D eigenvalue weighted by Gasteiger charge is 2.19. The number of rotatable bonds is 3. The Morgan fingerprint density at radius 2 is 2.00 bits per heavy atom. The van der Waals surface area contributed by atoms with Crippen molar-refractivity contribution in [3.05, 3.63) is 33.8 Å². The van der Waals surface area contributed by atoms with Gasteiger partial charge < -0.3 is 10.6 Å². The van der Waals surface area contributed by atoms with E-state index < -0.39 is 0 Å². The largest absolute Gasteiger partial charge is 0.369 e. The summed E-state index contributed by atoms with van der Waals surface area (Å²) in [5.41, 5.74) is 6.04. The monoisotopic (exact) mass is 382 g/mol. The first-order valence-electron chi connectivity index (χ1n) is 7.04. The van der Waals surface area contributed by atoms with E-state index >= 15 is 0 Å². The number of fused-ring (bicyclic) bond motifs is 1. The van der Waals surface area contributed by atoms with Gasteiger partial charge in [0.2, 0.25) is 5.91 Å². The number of carbonyl (C=O) groups excluding carboxylic acids is 1. The minimum atomic E-state index is -0.283. The van der Waals surface area contributed by atoms with E-state index in [4.69, 9.17) is 17.3 Å². The van der Waals surface area contributed by atoms with Crippen LogP contribution in [-0.2, 0) is 4.79 Å². The first-order valence-corrected chi connectivity index (χ1v) is 8.21. The second-order valence-electron chi connectivity index (χ2n) is 5.36. The van der Waals surface area contributed by atoms with Crippen LogP contribution in [0.2, 0.25) is 5.02 Å². The zero-order valence-corrected chi connectivity index (χ0v) is 14.3. The molecule has 2 heterocycles. The van der Waals surface area contributed by atoms with Gasteiger partial charge in [0, 0.05) is 36.0 Å². The maximum absolute atomic E-state index is 11.0. The summed E-state index contributed by atoms with van der Waals surface area (Å²) < 4.78 is 0.944. The number of piperazine rings is 1. The third kappa shape index (κ3) is 3.34. The molecule has 3 rings (SSSR count). The molecule has 22 heavy (non-hydrogen) atoms. The first-order chi connectivity index (χ1) is 10.5. The molecular formula is C15H16BrClN4O. The summed E-state index contributed by atoms with van der Waals surface area (Å²) in [4.78, 5) is 19.9. The van der Waals surface area contributed by atoms with Crippen molar-refractivity contribution in [2.24, 2.45) is 5.73 Å². The van der Waals surface area contributed by atoms with Crippen LogP contribution in [0.25, 0.3) is 10.9 Å². The minimum Gasteiger partial charge on any atom is -0.369 e. The predicted octanol–water partition coefficient (Wildman–Crippen LogP) is 2.26. The van der Waals surface area contributed by atoms with Crippen molar-refractivity contribution in [1.29, 1.82) is 0 Å². The lowest BCUT2D eigenvalue weighted by Gasteiger charge is -2.34. The summed E-state index contributed by atoms with van der Waals surface area (Å²) in [6.07, 6.45) is 0. The van der Waals surface area contributed by atoms with Gasteiger partial charge in [-0.3, -0.25) is 9.69 Å². The number of halogens is 2. The van der Waals surface area contributed by atoms with Crippen LogP contribution in [0.5, 0.6) is 0 Å². The lowest BCUT2D eigenvalue weighted by atomic mass is 10.2. The Balaban J connectivity index is 1.79. The van der Waals surface area contributed by atoms with Gasteiger partial charge in [-0.2, -0.15) is 0 Å². The number of aromatic nitrogens is 1. The molecule has 1 aromatic heterocycles. The number of amides is 1. The van der Waals surface area contributed by atoms with E-state index in [1.165, 1.54) is 0 Å². The number of nitrogens with zero attached hydrogens (tertiary/aromatic N) is 3. The van der Waals surface area contributed by atoms with Gasteiger partial charge >= 0.3 is 0 Å². The smallest absolute Gasteiger partial charge is 0.231 e. The number of pyridine rings is 1. The predicted molar refractivity (Wildman–Crippen MR) is 92.3 cm³/mol. The van der Waals surface area contributed by atoms with Gasteiger partial charge in [-0.15, -0.1) is 0 Å². The van der Waals surface area contributed by atoms with Crippen LogP contribution in [0.1, 0.15) is 0 Å². The first kappa shape index (κ1) is 15.5. The van der Waals surface area contributed by atoms with Crippen molar-refractivity contribution >= 4 is 50.2 Å². The number of hydrogen-bond acceptors (Lipinski definition) is 4. The third-order valence-electron chi connectivity index (χ3n) is 3.77. The summed E-state index contributed by atoms with van der Waals surface area (Å²) >= 11 is 9.72. The molecule has 0 atom stereocenters. The van der Waals surface area contributed by atoms with Crippen molar-refractivity contribution in [2.45, 2.75) is 0 Å². The molecule has 1 amide bonds. The molecule has 5 nitrogen and oxygen atoms in total. The van der Waals surface area contributed by atoms with E-state index in [0.29, 0.717) is 11.6 Å². The molecule has 0 bridgehead atoms. The number of hydrogen-bond donors (Lipinski definition) is 1. The van der Waals surface area contributed by atoms with E-state index in [1.54, 1.807) is 0 Å². The average molecular weight is 384 g/mol. The van der Waals surface area contributed by atoms with Crippen molar-refractivity contribution in [3.63, 3.8) is 0 Å². The molecule has 0 radical (unpaired) electrons. The van der Waals surface area contributed by atoms with Gasteiger partial charge in [-0.05, 0) is 24.3 Å². The van der Waals surface area contributed by atoms with Crippen LogP contribution in [0.3, 0.4) is 0 Å². The second-order valence-corrected chi connectivity index (χ2v) is 6.68. The molecule has 1 fully saturated rings. The van der Waals surface area contributed by atoms with Gasteiger partial charge in [0.05, 0.1) is 17.1 Å². The Morgan fingerprint density at radius 3 is 2.68 bits per heavy atom. The van der Waals surface area contributed by atoms with Crippen molar-refractivity contribution in [3.8, 4) is 0 Å². The summed E-state index contributed by atoms with van der Waals surface area (Å²) in [6, 6.07) is 7.90. The molecule has 2 N–H and O–H groups in total. The summed E-state index contributed by atoms with van der Waals surface area (Å²) in [5.74, 6) is 0.630. The number of nitrogens with two attached hydrogens (primary N) is 1. The summed E-state index contributed by atoms with van der Waals surface area (Å²) in [6.45, 7) is 3.56. The van der Waals surface area contributed by atoms with Crippen LogP contribution < -0.4 is 10.6 Å². The van der Waals surface area contributed by atoms with Crippen LogP contribution in [0, 0.1) is 0 Å². The molecule has 0 aliphatic carbocycles. The van der Waals surface area contributed by atoms with E-state index in [2.05, 4.69) is 30.7 Å². The topological polar surface area (TPSA) is 62.5 Å². The zero-order valence-electron chi connectivity index (χ0n) is 11.9. The molecule has 2 aromatic rings. The maximum atomic E-state index is 11.0. The molecule has 1 aliphatic heterocycles. The minimum absolute atomic E-state index is 0.283. The summed E-state index contributed by atoms with van der Waals surface area (Å²) in [5, 5.41) is 1.65. The Labute approximate surface area is 142 Å². The lowest BCUT2D eigenvalue weighted by molar-refractivity contribution is -0.119. The van der Waals surface area contributed by atoms with Crippen LogP contribution in [-0.4, -0.2) is 48.5 Å². The van der Waals surface area contributed by atoms with Crippen molar-refractivity contribution in [1.82, 2.24) is 9.88 Å². The van der Waals surface area contributed by atoms with E-state index in [9.17, 15) is 4.79 Å². The van der Waals surface area contributed by atoms with Crippen LogP contribution in [0.15, 0.2) is 28.7 Å². The SMILES string of the molecule is NC(=O)CN1CCN(c2ccc3cc(Br)cc(Cl)c3n2)CC1. The van der Waals surface area contributed by atoms with E-state index in [-0.39, 0.29) is 5.91 Å². The Hall–Kier alpha value is -1.37. The Kier molecular flexibility index (Phi) is 4.52. The second kappa shape index (κ2) is 6.40. The molecular weight excluding hydrogens is 368 g/mol. The zero-order chi connectivity index (χ0) is 15.7. The molecule has 0 spiro atoms. The molecule has 0 saturated carbocycles. The van der Waals surface area contributed by atoms with Crippen LogP contribution >= 0.6 is 27.5 Å². The number of carbonyl (C=O) groups is 1. The van der Waals surface area contributed by atoms with E-state index in [1.807, 2.05) is 24.3 Å². The third-order valence-corrected chi connectivity index (χ3v) is 4.52. The number of anilines is 1. The van der Waals surface area contributed by atoms with Gasteiger partial charge in [0.15, 0.2) is 0 Å². The maximum Gasteiger partial charge on any atom is 0.231 e. The number of primary amides is 1. The lowest BCUT2D eigenvalue weighted by Crippen LogP contribution is -2.49. The van der Waals surface area contributed by atoms with Gasteiger partial charge in [-0.1, -0.05) is 27.5 Å². The number of benzene rings is 1. The molecule has 1 aliphatic rings. The summed E-state index contributed by atoms with van der Waals surface area (Å²) in [7, 11) is 0. The highest BCUT2D eigenvalue weighted by molar-refractivity contribution is 9.10. The normalized spacial score (nSPS) is 16.2. The van der Waals surface area contributed by atoms with Crippen LogP contribution in [0.4, 0.5) is 5.82 Å². The van der Waals surface area contributed by atoms with Gasteiger partial charge in [-0.25, -0.2) is 4.98 Å². The molecule has 1 aromatic carbocycles. The highest BCUT2D eigenvalue weighted by atomic mass is 79.9. The molecule has 116 valence electrons. The van der Waals surface area contributed by atoms with Crippen molar-refractivity contribution in [2.75, 3.05) is 37.6 Å². The fraction of sp³-hybridized carbons (Fsp3) is 0.333. The van der Waals surface area contributed by atoms with E-state index in [0.717, 1.165) is 47.4 Å².